The summed E-state index contributed by atoms with van der Waals surface area (Å²) in [6, 6.07) is 0. The second-order valence-corrected chi connectivity index (χ2v) is 6.59. The first-order chi connectivity index (χ1) is 9.19. The molecule has 0 aromatic heterocycles. The third-order valence-electron chi connectivity index (χ3n) is 4.98. The third-order valence-corrected chi connectivity index (χ3v) is 4.98. The number of halogens is 1. The molecular formula is C16H29FO2. The van der Waals surface area contributed by atoms with Crippen LogP contribution in [0.1, 0.15) is 51.9 Å². The number of rotatable bonds is 5. The zero-order valence-corrected chi connectivity index (χ0v) is 12.4. The van der Waals surface area contributed by atoms with Crippen LogP contribution >= 0.6 is 0 Å². The highest BCUT2D eigenvalue weighted by molar-refractivity contribution is 4.79. The summed E-state index contributed by atoms with van der Waals surface area (Å²) in [5, 5.41) is 0. The first kappa shape index (κ1) is 15.2. The van der Waals surface area contributed by atoms with Gasteiger partial charge in [0.25, 0.3) is 0 Å². The Morgan fingerprint density at radius 2 is 1.89 bits per heavy atom. The van der Waals surface area contributed by atoms with E-state index in [4.69, 9.17) is 9.47 Å². The van der Waals surface area contributed by atoms with Gasteiger partial charge in [-0.3, -0.25) is 0 Å². The van der Waals surface area contributed by atoms with E-state index in [0.29, 0.717) is 30.3 Å². The van der Waals surface area contributed by atoms with Crippen LogP contribution in [0.4, 0.5) is 4.39 Å². The number of alkyl halides is 1. The van der Waals surface area contributed by atoms with Crippen LogP contribution in [-0.2, 0) is 9.47 Å². The highest BCUT2D eigenvalue weighted by Gasteiger charge is 2.29. The summed E-state index contributed by atoms with van der Waals surface area (Å²) in [5.41, 5.74) is 0. The molecule has 2 aliphatic rings. The smallest absolute Gasteiger partial charge is 0.100 e. The van der Waals surface area contributed by atoms with Gasteiger partial charge in [0.15, 0.2) is 0 Å². The molecule has 0 radical (unpaired) electrons. The lowest BCUT2D eigenvalue weighted by molar-refractivity contribution is -0.0356. The minimum absolute atomic E-state index is 0.376. The standard InChI is InChI=1S/C16H29FO2/c1-12-6-7-15(17)9-14(12)11-19-16-5-3-4-13(8-16)10-18-2/h12-16H,3-11H2,1-2H3. The Morgan fingerprint density at radius 3 is 2.68 bits per heavy atom. The van der Waals surface area contributed by atoms with Crippen molar-refractivity contribution in [1.82, 2.24) is 0 Å². The quantitative estimate of drug-likeness (QED) is 0.753. The predicted molar refractivity (Wildman–Crippen MR) is 75.0 cm³/mol. The lowest BCUT2D eigenvalue weighted by Crippen LogP contribution is -2.31. The molecule has 0 aromatic carbocycles. The van der Waals surface area contributed by atoms with E-state index in [1.54, 1.807) is 7.11 Å². The van der Waals surface area contributed by atoms with Gasteiger partial charge in [0.1, 0.15) is 6.17 Å². The molecule has 0 heterocycles. The summed E-state index contributed by atoms with van der Waals surface area (Å²) in [4.78, 5) is 0. The van der Waals surface area contributed by atoms with Gasteiger partial charge in [-0.25, -0.2) is 4.39 Å². The first-order valence-corrected chi connectivity index (χ1v) is 7.93. The Labute approximate surface area is 117 Å². The summed E-state index contributed by atoms with van der Waals surface area (Å²) in [7, 11) is 1.77. The van der Waals surface area contributed by atoms with Crippen molar-refractivity contribution in [3.63, 3.8) is 0 Å². The van der Waals surface area contributed by atoms with Crippen LogP contribution in [0.2, 0.25) is 0 Å². The fourth-order valence-corrected chi connectivity index (χ4v) is 3.63. The molecule has 3 heteroatoms. The summed E-state index contributed by atoms with van der Waals surface area (Å²) in [5.74, 6) is 1.69. The highest BCUT2D eigenvalue weighted by atomic mass is 19.1. The molecule has 0 aromatic rings. The number of methoxy groups -OCH3 is 1. The SMILES string of the molecule is COCC1CCCC(OCC2CC(F)CCC2C)C1. The molecule has 2 saturated carbocycles. The summed E-state index contributed by atoms with van der Waals surface area (Å²) in [6.07, 6.45) is 7.04. The van der Waals surface area contributed by atoms with Crippen LogP contribution < -0.4 is 0 Å². The van der Waals surface area contributed by atoms with Gasteiger partial charge in [-0.2, -0.15) is 0 Å². The van der Waals surface area contributed by atoms with E-state index < -0.39 is 6.17 Å². The van der Waals surface area contributed by atoms with Crippen LogP contribution in [0.3, 0.4) is 0 Å². The Morgan fingerprint density at radius 1 is 1.05 bits per heavy atom. The van der Waals surface area contributed by atoms with Gasteiger partial charge < -0.3 is 9.47 Å². The Balaban J connectivity index is 1.71. The normalized spacial score (nSPS) is 40.3. The average molecular weight is 272 g/mol. The van der Waals surface area contributed by atoms with Crippen molar-refractivity contribution in [2.75, 3.05) is 20.3 Å². The van der Waals surface area contributed by atoms with Crippen LogP contribution in [0, 0.1) is 17.8 Å². The van der Waals surface area contributed by atoms with Gasteiger partial charge in [0.2, 0.25) is 0 Å². The third kappa shape index (κ3) is 4.71. The van der Waals surface area contributed by atoms with Gasteiger partial charge in [-0.15, -0.1) is 0 Å². The lowest BCUT2D eigenvalue weighted by Gasteiger charge is -2.34. The van der Waals surface area contributed by atoms with Crippen LogP contribution in [0.15, 0.2) is 0 Å². The van der Waals surface area contributed by atoms with E-state index in [1.807, 2.05) is 0 Å². The van der Waals surface area contributed by atoms with Crippen molar-refractivity contribution < 1.29 is 13.9 Å². The minimum Gasteiger partial charge on any atom is -0.384 e. The monoisotopic (exact) mass is 272 g/mol. The van der Waals surface area contributed by atoms with Crippen molar-refractivity contribution in [3.05, 3.63) is 0 Å². The molecule has 5 unspecified atom stereocenters. The topological polar surface area (TPSA) is 18.5 Å². The van der Waals surface area contributed by atoms with Crippen molar-refractivity contribution >= 4 is 0 Å². The summed E-state index contributed by atoms with van der Waals surface area (Å²) in [6.45, 7) is 3.85. The van der Waals surface area contributed by atoms with E-state index in [2.05, 4.69) is 6.92 Å². The molecule has 0 N–H and O–H groups in total. The van der Waals surface area contributed by atoms with Gasteiger partial charge in [0.05, 0.1) is 12.7 Å². The van der Waals surface area contributed by atoms with E-state index in [1.165, 1.54) is 19.3 Å². The maximum Gasteiger partial charge on any atom is 0.100 e. The molecule has 0 aliphatic heterocycles. The number of hydrogen-bond acceptors (Lipinski definition) is 2. The molecule has 0 amide bonds. The van der Waals surface area contributed by atoms with Crippen molar-refractivity contribution in [3.8, 4) is 0 Å². The van der Waals surface area contributed by atoms with Gasteiger partial charge >= 0.3 is 0 Å². The van der Waals surface area contributed by atoms with Crippen LogP contribution in [0.5, 0.6) is 0 Å². The van der Waals surface area contributed by atoms with E-state index in [-0.39, 0.29) is 0 Å². The zero-order valence-electron chi connectivity index (χ0n) is 12.4. The van der Waals surface area contributed by atoms with E-state index in [9.17, 15) is 4.39 Å². The van der Waals surface area contributed by atoms with Crippen LogP contribution in [0.25, 0.3) is 0 Å². The molecule has 2 nitrogen and oxygen atoms in total. The van der Waals surface area contributed by atoms with Crippen molar-refractivity contribution in [1.29, 1.82) is 0 Å². The van der Waals surface area contributed by atoms with E-state index in [0.717, 1.165) is 32.5 Å². The average Bonchev–Trinajstić information content (AvgIpc) is 2.41. The van der Waals surface area contributed by atoms with Gasteiger partial charge in [-0.1, -0.05) is 13.3 Å². The zero-order chi connectivity index (χ0) is 13.7. The predicted octanol–water partition coefficient (Wildman–Crippen LogP) is 3.98. The molecule has 5 atom stereocenters. The Bertz CT molecular complexity index is 257. The minimum atomic E-state index is -0.600. The lowest BCUT2D eigenvalue weighted by atomic mass is 9.80. The Hall–Kier alpha value is -0.150. The fourth-order valence-electron chi connectivity index (χ4n) is 3.63. The maximum atomic E-state index is 13.5. The Kier molecular flexibility index (Phi) is 6.08. The molecule has 2 fully saturated rings. The maximum absolute atomic E-state index is 13.5. The van der Waals surface area contributed by atoms with Crippen molar-refractivity contribution in [2.45, 2.75) is 64.1 Å². The molecule has 0 saturated heterocycles. The van der Waals surface area contributed by atoms with Gasteiger partial charge in [-0.05, 0) is 56.3 Å². The summed E-state index contributed by atoms with van der Waals surface area (Å²) < 4.78 is 24.8. The van der Waals surface area contributed by atoms with Gasteiger partial charge in [0, 0.05) is 13.7 Å². The second-order valence-electron chi connectivity index (χ2n) is 6.59. The van der Waals surface area contributed by atoms with Crippen molar-refractivity contribution in [2.24, 2.45) is 17.8 Å². The number of ether oxygens (including phenoxy) is 2. The second kappa shape index (κ2) is 7.58. The molecule has 0 bridgehead atoms. The summed E-state index contributed by atoms with van der Waals surface area (Å²) >= 11 is 0. The molecule has 2 aliphatic carbocycles. The first-order valence-electron chi connectivity index (χ1n) is 7.93. The molecule has 112 valence electrons. The molecular weight excluding hydrogens is 243 g/mol. The van der Waals surface area contributed by atoms with E-state index >= 15 is 0 Å². The molecule has 19 heavy (non-hydrogen) atoms. The highest BCUT2D eigenvalue weighted by Crippen LogP contribution is 2.33. The van der Waals surface area contributed by atoms with Crippen LogP contribution in [-0.4, -0.2) is 32.6 Å². The largest absolute Gasteiger partial charge is 0.384 e. The molecule has 0 spiro atoms. The fraction of sp³-hybridized carbons (Fsp3) is 1.00. The number of hydrogen-bond donors (Lipinski definition) is 0. The molecule has 2 rings (SSSR count).